The number of halogens is 3. The van der Waals surface area contributed by atoms with Crippen LogP contribution in [0.3, 0.4) is 0 Å². The van der Waals surface area contributed by atoms with E-state index in [-0.39, 0.29) is 13.0 Å². The van der Waals surface area contributed by atoms with Crippen LogP contribution in [-0.4, -0.2) is 18.6 Å². The van der Waals surface area contributed by atoms with Crippen molar-refractivity contribution in [2.75, 3.05) is 12.0 Å². The van der Waals surface area contributed by atoms with Crippen molar-refractivity contribution in [2.45, 2.75) is 25.9 Å². The molecular formula is C12H16F3N3O. The second kappa shape index (κ2) is 6.42. The van der Waals surface area contributed by atoms with Crippen LogP contribution in [0, 0.1) is 6.92 Å². The van der Waals surface area contributed by atoms with Gasteiger partial charge in [-0.1, -0.05) is 0 Å². The molecule has 1 aromatic rings. The van der Waals surface area contributed by atoms with Gasteiger partial charge in [0.1, 0.15) is 0 Å². The Hall–Kier alpha value is -1.76. The van der Waals surface area contributed by atoms with Crippen LogP contribution in [0.25, 0.3) is 0 Å². The van der Waals surface area contributed by atoms with E-state index in [1.807, 2.05) is 0 Å². The van der Waals surface area contributed by atoms with Gasteiger partial charge in [-0.25, -0.2) is 0 Å². The minimum atomic E-state index is -4.18. The first-order chi connectivity index (χ1) is 8.83. The molecule has 1 aromatic carbocycles. The molecule has 0 aliphatic carbocycles. The van der Waals surface area contributed by atoms with E-state index in [9.17, 15) is 18.0 Å². The van der Waals surface area contributed by atoms with E-state index in [1.54, 1.807) is 25.1 Å². The van der Waals surface area contributed by atoms with Crippen molar-refractivity contribution in [3.8, 4) is 0 Å². The van der Waals surface area contributed by atoms with Crippen LogP contribution in [0.4, 0.5) is 18.9 Å². The summed E-state index contributed by atoms with van der Waals surface area (Å²) in [6.45, 7) is 1.77. The number of hydrazine groups is 1. The lowest BCUT2D eigenvalue weighted by atomic mass is 10.1. The summed E-state index contributed by atoms with van der Waals surface area (Å²) in [5.41, 5.74) is 4.34. The highest BCUT2D eigenvalue weighted by Gasteiger charge is 2.25. The standard InChI is InChI=1S/C12H16F3N3O/c1-8-7-9(3-4-10(8)18-16)11(19)17-6-2-5-12(13,14)15/h3-4,7,18H,2,5-6,16H2,1H3,(H,17,19). The van der Waals surface area contributed by atoms with E-state index in [0.29, 0.717) is 11.3 Å². The Labute approximate surface area is 109 Å². The molecule has 0 heterocycles. The predicted molar refractivity (Wildman–Crippen MR) is 66.6 cm³/mol. The molecule has 106 valence electrons. The Balaban J connectivity index is 2.48. The molecule has 0 fully saturated rings. The van der Waals surface area contributed by atoms with Gasteiger partial charge in [-0.05, 0) is 37.1 Å². The van der Waals surface area contributed by atoms with Gasteiger partial charge in [0.05, 0.1) is 5.69 Å². The molecule has 19 heavy (non-hydrogen) atoms. The van der Waals surface area contributed by atoms with Crippen LogP contribution < -0.4 is 16.6 Å². The van der Waals surface area contributed by atoms with E-state index in [1.165, 1.54) is 0 Å². The van der Waals surface area contributed by atoms with E-state index in [2.05, 4.69) is 10.7 Å². The summed E-state index contributed by atoms with van der Waals surface area (Å²) >= 11 is 0. The highest BCUT2D eigenvalue weighted by atomic mass is 19.4. The lowest BCUT2D eigenvalue weighted by Crippen LogP contribution is -2.25. The van der Waals surface area contributed by atoms with Gasteiger partial charge < -0.3 is 10.7 Å². The molecule has 1 amide bonds. The van der Waals surface area contributed by atoms with Crippen molar-refractivity contribution < 1.29 is 18.0 Å². The number of nitrogen functional groups attached to an aromatic ring is 1. The second-order valence-corrected chi connectivity index (χ2v) is 4.15. The summed E-state index contributed by atoms with van der Waals surface area (Å²) in [7, 11) is 0. The number of nitrogens with two attached hydrogens (primary N) is 1. The van der Waals surface area contributed by atoms with Crippen molar-refractivity contribution in [3.05, 3.63) is 29.3 Å². The average Bonchev–Trinajstić information content (AvgIpc) is 2.33. The van der Waals surface area contributed by atoms with Gasteiger partial charge in [-0.2, -0.15) is 13.2 Å². The number of aryl methyl sites for hydroxylation is 1. The largest absolute Gasteiger partial charge is 0.389 e. The van der Waals surface area contributed by atoms with Crippen LogP contribution in [0.1, 0.15) is 28.8 Å². The van der Waals surface area contributed by atoms with Gasteiger partial charge in [-0.3, -0.25) is 10.6 Å². The first-order valence-electron chi connectivity index (χ1n) is 5.75. The Morgan fingerprint density at radius 2 is 2.05 bits per heavy atom. The van der Waals surface area contributed by atoms with Crippen molar-refractivity contribution >= 4 is 11.6 Å². The fraction of sp³-hybridized carbons (Fsp3) is 0.417. The van der Waals surface area contributed by atoms with E-state index >= 15 is 0 Å². The predicted octanol–water partition coefficient (Wildman–Crippen LogP) is 2.35. The van der Waals surface area contributed by atoms with Gasteiger partial charge >= 0.3 is 6.18 Å². The number of rotatable bonds is 5. The lowest BCUT2D eigenvalue weighted by Gasteiger charge is -2.09. The van der Waals surface area contributed by atoms with Crippen molar-refractivity contribution in [1.82, 2.24) is 5.32 Å². The van der Waals surface area contributed by atoms with Gasteiger partial charge in [-0.15, -0.1) is 0 Å². The summed E-state index contributed by atoms with van der Waals surface area (Å²) in [6.07, 6.45) is -5.21. The highest BCUT2D eigenvalue weighted by molar-refractivity contribution is 5.94. The molecule has 0 spiro atoms. The van der Waals surface area contributed by atoms with Gasteiger partial charge in [0.15, 0.2) is 0 Å². The number of carbonyl (C=O) groups is 1. The van der Waals surface area contributed by atoms with Crippen LogP contribution in [-0.2, 0) is 0 Å². The maximum atomic E-state index is 11.9. The van der Waals surface area contributed by atoms with E-state index in [4.69, 9.17) is 5.84 Å². The molecule has 0 atom stereocenters. The van der Waals surface area contributed by atoms with Crippen LogP contribution in [0.15, 0.2) is 18.2 Å². The highest BCUT2D eigenvalue weighted by Crippen LogP contribution is 2.20. The van der Waals surface area contributed by atoms with Crippen molar-refractivity contribution in [3.63, 3.8) is 0 Å². The minimum absolute atomic E-state index is 0.00567. The van der Waals surface area contributed by atoms with Gasteiger partial charge in [0.25, 0.3) is 5.91 Å². The summed E-state index contributed by atoms with van der Waals surface area (Å²) in [5, 5.41) is 2.45. The molecular weight excluding hydrogens is 259 g/mol. The maximum absolute atomic E-state index is 11.9. The number of nitrogens with one attached hydrogen (secondary N) is 2. The first-order valence-corrected chi connectivity index (χ1v) is 5.75. The molecule has 4 nitrogen and oxygen atoms in total. The third kappa shape index (κ3) is 5.17. The number of carbonyl (C=O) groups excluding carboxylic acids is 1. The number of hydrogen-bond donors (Lipinski definition) is 3. The molecule has 0 radical (unpaired) electrons. The molecule has 0 saturated carbocycles. The quantitative estimate of drug-likeness (QED) is 0.439. The smallest absolute Gasteiger partial charge is 0.352 e. The molecule has 0 bridgehead atoms. The molecule has 0 aliphatic heterocycles. The number of alkyl halides is 3. The molecule has 4 N–H and O–H groups in total. The molecule has 7 heteroatoms. The maximum Gasteiger partial charge on any atom is 0.389 e. The van der Waals surface area contributed by atoms with Crippen molar-refractivity contribution in [1.29, 1.82) is 0 Å². The molecule has 0 aromatic heterocycles. The SMILES string of the molecule is Cc1cc(C(=O)NCCCC(F)(F)F)ccc1NN. The fourth-order valence-corrected chi connectivity index (χ4v) is 1.56. The average molecular weight is 275 g/mol. The van der Waals surface area contributed by atoms with E-state index in [0.717, 1.165) is 5.56 Å². The number of benzene rings is 1. The number of hydrogen-bond acceptors (Lipinski definition) is 3. The van der Waals surface area contributed by atoms with Gasteiger partial charge in [0, 0.05) is 18.5 Å². The molecule has 0 saturated heterocycles. The second-order valence-electron chi connectivity index (χ2n) is 4.15. The number of amides is 1. The zero-order chi connectivity index (χ0) is 14.5. The Bertz CT molecular complexity index is 446. The normalized spacial score (nSPS) is 11.2. The first kappa shape index (κ1) is 15.3. The lowest BCUT2D eigenvalue weighted by molar-refractivity contribution is -0.135. The van der Waals surface area contributed by atoms with Crippen LogP contribution in [0.2, 0.25) is 0 Å². The topological polar surface area (TPSA) is 67.2 Å². The third-order valence-electron chi connectivity index (χ3n) is 2.57. The third-order valence-corrected chi connectivity index (χ3v) is 2.57. The summed E-state index contributed by atoms with van der Waals surface area (Å²) in [5.74, 6) is 4.86. The fourth-order valence-electron chi connectivity index (χ4n) is 1.56. The van der Waals surface area contributed by atoms with Crippen LogP contribution in [0.5, 0.6) is 0 Å². The zero-order valence-electron chi connectivity index (χ0n) is 10.5. The molecule has 0 unspecified atom stereocenters. The van der Waals surface area contributed by atoms with Crippen molar-refractivity contribution in [2.24, 2.45) is 5.84 Å². The summed E-state index contributed by atoms with van der Waals surface area (Å²) in [4.78, 5) is 11.7. The van der Waals surface area contributed by atoms with E-state index < -0.39 is 18.5 Å². The molecule has 0 aliphatic rings. The monoisotopic (exact) mass is 275 g/mol. The molecule has 1 rings (SSSR count). The minimum Gasteiger partial charge on any atom is -0.352 e. The Morgan fingerprint density at radius 1 is 1.37 bits per heavy atom. The number of anilines is 1. The summed E-state index contributed by atoms with van der Waals surface area (Å²) in [6, 6.07) is 4.82. The zero-order valence-corrected chi connectivity index (χ0v) is 10.5. The van der Waals surface area contributed by atoms with Gasteiger partial charge in [0.2, 0.25) is 0 Å². The Kier molecular flexibility index (Phi) is 5.17. The Morgan fingerprint density at radius 3 is 2.58 bits per heavy atom. The van der Waals surface area contributed by atoms with Crippen LogP contribution >= 0.6 is 0 Å². The summed E-state index contributed by atoms with van der Waals surface area (Å²) < 4.78 is 35.7.